The van der Waals surface area contributed by atoms with Crippen molar-refractivity contribution < 1.29 is 4.74 Å². The molecule has 0 heterocycles. The normalized spacial score (nSPS) is 12.3. The Bertz CT molecular complexity index is 785. The van der Waals surface area contributed by atoms with E-state index in [1.807, 2.05) is 24.3 Å². The zero-order valence-corrected chi connectivity index (χ0v) is 14.4. The van der Waals surface area contributed by atoms with E-state index in [1.165, 1.54) is 3.57 Å². The van der Waals surface area contributed by atoms with Gasteiger partial charge in [0.2, 0.25) is 0 Å². The molecule has 0 aromatic heterocycles. The highest BCUT2D eigenvalue weighted by Gasteiger charge is 2.15. The van der Waals surface area contributed by atoms with E-state index in [0.717, 1.165) is 27.6 Å². The quantitative estimate of drug-likeness (QED) is 0.394. The molecule has 0 bridgehead atoms. The highest BCUT2D eigenvalue weighted by atomic mass is 127. The van der Waals surface area contributed by atoms with Crippen molar-refractivity contribution in [2.75, 3.05) is 7.11 Å². The van der Waals surface area contributed by atoms with Gasteiger partial charge in [0.1, 0.15) is 5.75 Å². The predicted molar refractivity (Wildman–Crippen MR) is 97.4 cm³/mol. The van der Waals surface area contributed by atoms with Crippen molar-refractivity contribution in [1.82, 2.24) is 0 Å². The number of hydrogen-bond acceptors (Lipinski definition) is 1. The summed E-state index contributed by atoms with van der Waals surface area (Å²) in [7, 11) is 1.69. The van der Waals surface area contributed by atoms with Gasteiger partial charge in [0.15, 0.2) is 0 Å². The highest BCUT2D eigenvalue weighted by molar-refractivity contribution is 14.1. The lowest BCUT2D eigenvalue weighted by molar-refractivity contribution is 0.419. The molecule has 21 heavy (non-hydrogen) atoms. The van der Waals surface area contributed by atoms with Crippen LogP contribution in [0.4, 0.5) is 0 Å². The number of ether oxygens (including phenoxy) is 1. The van der Waals surface area contributed by atoms with Crippen molar-refractivity contribution in [2.45, 2.75) is 5.38 Å². The summed E-state index contributed by atoms with van der Waals surface area (Å²) in [5, 5.41) is 2.06. The lowest BCUT2D eigenvalue weighted by Gasteiger charge is -2.15. The van der Waals surface area contributed by atoms with Crippen molar-refractivity contribution >= 4 is 45.0 Å². The largest absolute Gasteiger partial charge is 0.496 e. The molecule has 3 aromatic carbocycles. The fourth-order valence-electron chi connectivity index (χ4n) is 2.54. The molecule has 1 unspecified atom stereocenters. The molecule has 0 aliphatic carbocycles. The van der Waals surface area contributed by atoms with E-state index in [0.29, 0.717) is 0 Å². The Labute approximate surface area is 143 Å². The third-order valence-electron chi connectivity index (χ3n) is 3.55. The third-order valence-corrected chi connectivity index (χ3v) is 4.71. The molecule has 0 N–H and O–H groups in total. The molecule has 0 aliphatic rings. The number of rotatable bonds is 3. The van der Waals surface area contributed by atoms with Crippen molar-refractivity contribution in [1.29, 1.82) is 0 Å². The molecule has 0 saturated carbocycles. The molecule has 0 aliphatic heterocycles. The molecule has 0 fully saturated rings. The van der Waals surface area contributed by atoms with Gasteiger partial charge in [0.05, 0.1) is 12.5 Å². The lowest BCUT2D eigenvalue weighted by atomic mass is 9.97. The molecule has 0 amide bonds. The first-order valence-corrected chi connectivity index (χ1v) is 8.17. The SMILES string of the molecule is COc1ccc(C(Cl)c2cccc(I)c2)c2ccccc12. The summed E-state index contributed by atoms with van der Waals surface area (Å²) in [6.45, 7) is 0. The fraction of sp³-hybridized carbons (Fsp3) is 0.111. The first-order valence-electron chi connectivity index (χ1n) is 6.66. The molecule has 3 aromatic rings. The molecule has 1 atom stereocenters. The van der Waals surface area contributed by atoms with Crippen LogP contribution in [-0.2, 0) is 0 Å². The van der Waals surface area contributed by atoms with Crippen molar-refractivity contribution in [3.8, 4) is 5.75 Å². The van der Waals surface area contributed by atoms with E-state index in [-0.39, 0.29) is 5.38 Å². The Balaban J connectivity index is 2.17. The maximum absolute atomic E-state index is 6.73. The van der Waals surface area contributed by atoms with E-state index in [9.17, 15) is 0 Å². The lowest BCUT2D eigenvalue weighted by Crippen LogP contribution is -1.96. The Morgan fingerprint density at radius 2 is 1.71 bits per heavy atom. The number of benzene rings is 3. The van der Waals surface area contributed by atoms with Crippen LogP contribution in [0.5, 0.6) is 5.75 Å². The van der Waals surface area contributed by atoms with Gasteiger partial charge >= 0.3 is 0 Å². The third kappa shape index (κ3) is 2.87. The minimum Gasteiger partial charge on any atom is -0.496 e. The van der Waals surface area contributed by atoms with Crippen LogP contribution < -0.4 is 4.74 Å². The number of halogens is 2. The van der Waals surface area contributed by atoms with Gasteiger partial charge in [-0.2, -0.15) is 0 Å². The molecule has 1 nitrogen and oxygen atoms in total. The predicted octanol–water partition coefficient (Wildman–Crippen LogP) is 5.78. The van der Waals surface area contributed by atoms with Gasteiger partial charge in [0, 0.05) is 8.96 Å². The van der Waals surface area contributed by atoms with E-state index in [1.54, 1.807) is 7.11 Å². The van der Waals surface area contributed by atoms with Crippen LogP contribution in [0, 0.1) is 3.57 Å². The van der Waals surface area contributed by atoms with E-state index < -0.39 is 0 Å². The smallest absolute Gasteiger partial charge is 0.126 e. The first-order chi connectivity index (χ1) is 10.2. The molecule has 0 spiro atoms. The van der Waals surface area contributed by atoms with Gasteiger partial charge in [-0.05, 0) is 57.3 Å². The summed E-state index contributed by atoms with van der Waals surface area (Å²) in [4.78, 5) is 0. The van der Waals surface area contributed by atoms with Crippen molar-refractivity contribution in [3.63, 3.8) is 0 Å². The van der Waals surface area contributed by atoms with Crippen LogP contribution in [0.15, 0.2) is 60.7 Å². The van der Waals surface area contributed by atoms with Crippen molar-refractivity contribution in [2.24, 2.45) is 0 Å². The average Bonchev–Trinajstić information content (AvgIpc) is 2.53. The molecule has 3 rings (SSSR count). The summed E-state index contributed by atoms with van der Waals surface area (Å²) in [6.07, 6.45) is 0. The van der Waals surface area contributed by atoms with Crippen LogP contribution in [0.25, 0.3) is 10.8 Å². The Hall–Kier alpha value is -1.26. The zero-order valence-electron chi connectivity index (χ0n) is 11.5. The average molecular weight is 409 g/mol. The summed E-state index contributed by atoms with van der Waals surface area (Å²) < 4.78 is 6.63. The molecule has 0 radical (unpaired) electrons. The van der Waals surface area contributed by atoms with Crippen molar-refractivity contribution in [3.05, 3.63) is 75.4 Å². The maximum atomic E-state index is 6.73. The van der Waals surface area contributed by atoms with Gasteiger partial charge < -0.3 is 4.74 Å². The van der Waals surface area contributed by atoms with E-state index in [2.05, 4.69) is 59.0 Å². The van der Waals surface area contributed by atoms with Gasteiger partial charge in [-0.1, -0.05) is 42.5 Å². The minimum absolute atomic E-state index is 0.171. The second-order valence-corrected chi connectivity index (χ2v) is 6.50. The number of fused-ring (bicyclic) bond motifs is 1. The summed E-state index contributed by atoms with van der Waals surface area (Å²) in [6, 6.07) is 20.5. The van der Waals surface area contributed by atoms with E-state index in [4.69, 9.17) is 16.3 Å². The second-order valence-electron chi connectivity index (χ2n) is 4.82. The molecule has 106 valence electrons. The maximum Gasteiger partial charge on any atom is 0.126 e. The number of hydrogen-bond donors (Lipinski definition) is 0. The zero-order chi connectivity index (χ0) is 14.8. The van der Waals surface area contributed by atoms with Crippen LogP contribution in [0.2, 0.25) is 0 Å². The fourth-order valence-corrected chi connectivity index (χ4v) is 3.43. The van der Waals surface area contributed by atoms with Crippen LogP contribution in [-0.4, -0.2) is 7.11 Å². The number of alkyl halides is 1. The monoisotopic (exact) mass is 408 g/mol. The van der Waals surface area contributed by atoms with E-state index >= 15 is 0 Å². The summed E-state index contributed by atoms with van der Waals surface area (Å²) in [5.41, 5.74) is 2.22. The Morgan fingerprint density at radius 1 is 0.952 bits per heavy atom. The highest BCUT2D eigenvalue weighted by Crippen LogP contribution is 2.37. The topological polar surface area (TPSA) is 9.23 Å². The van der Waals surface area contributed by atoms with Crippen LogP contribution >= 0.6 is 34.2 Å². The van der Waals surface area contributed by atoms with Crippen LogP contribution in [0.3, 0.4) is 0 Å². The van der Waals surface area contributed by atoms with Gasteiger partial charge in [0.25, 0.3) is 0 Å². The van der Waals surface area contributed by atoms with Gasteiger partial charge in [-0.15, -0.1) is 11.6 Å². The molecule has 0 saturated heterocycles. The van der Waals surface area contributed by atoms with Gasteiger partial charge in [-0.25, -0.2) is 0 Å². The standard InChI is InChI=1S/C18H14ClIO/c1-21-17-10-9-16(14-7-2-3-8-15(14)17)18(19)12-5-4-6-13(20)11-12/h2-11,18H,1H3. The minimum atomic E-state index is -0.171. The van der Waals surface area contributed by atoms with Crippen LogP contribution in [0.1, 0.15) is 16.5 Å². The first kappa shape index (κ1) is 14.7. The Morgan fingerprint density at radius 3 is 2.43 bits per heavy atom. The molecular formula is C18H14ClIO. The molecule has 3 heteroatoms. The second kappa shape index (κ2) is 6.24. The Kier molecular flexibility index (Phi) is 4.36. The molecular weight excluding hydrogens is 395 g/mol. The van der Waals surface area contributed by atoms with Gasteiger partial charge in [-0.3, -0.25) is 0 Å². The number of methoxy groups -OCH3 is 1. The summed E-state index contributed by atoms with van der Waals surface area (Å²) >= 11 is 9.04. The summed E-state index contributed by atoms with van der Waals surface area (Å²) in [5.74, 6) is 0.876.